The Bertz CT molecular complexity index is 925. The summed E-state index contributed by atoms with van der Waals surface area (Å²) in [6.07, 6.45) is 5.51. The summed E-state index contributed by atoms with van der Waals surface area (Å²) in [6, 6.07) is 17.6. The van der Waals surface area contributed by atoms with E-state index in [1.165, 1.54) is 0 Å². The number of nitrogens with zero attached hydrogens (tertiary/aromatic N) is 3. The second-order valence-electron chi connectivity index (χ2n) is 5.44. The Balaban J connectivity index is 1.64. The standard InChI is InChI=1S/C19H16N4O/c1-23-13-17(19-20-11-12-21-19)18(22-23)14-7-9-16(10-8-14)24-15-5-3-2-4-6-15/h2-13H,1H3,(H,20,21). The Labute approximate surface area is 139 Å². The van der Waals surface area contributed by atoms with Crippen molar-refractivity contribution < 1.29 is 4.74 Å². The van der Waals surface area contributed by atoms with Gasteiger partial charge in [0.25, 0.3) is 0 Å². The molecule has 0 saturated heterocycles. The van der Waals surface area contributed by atoms with Crippen LogP contribution in [0.5, 0.6) is 11.5 Å². The van der Waals surface area contributed by atoms with Gasteiger partial charge in [-0.2, -0.15) is 5.10 Å². The number of rotatable bonds is 4. The molecule has 2 aromatic carbocycles. The van der Waals surface area contributed by atoms with Gasteiger partial charge in [0.15, 0.2) is 0 Å². The van der Waals surface area contributed by atoms with E-state index in [4.69, 9.17) is 4.74 Å². The molecular formula is C19H16N4O. The Hall–Kier alpha value is -3.34. The molecule has 5 heteroatoms. The number of aromatic nitrogens is 4. The number of hydrogen-bond acceptors (Lipinski definition) is 3. The van der Waals surface area contributed by atoms with E-state index in [2.05, 4.69) is 15.1 Å². The van der Waals surface area contributed by atoms with E-state index in [-0.39, 0.29) is 0 Å². The van der Waals surface area contributed by atoms with Gasteiger partial charge in [-0.25, -0.2) is 4.98 Å². The molecule has 1 N–H and O–H groups in total. The molecule has 4 aromatic rings. The minimum absolute atomic E-state index is 0.792. The first-order valence-electron chi connectivity index (χ1n) is 7.66. The number of H-pyrrole nitrogens is 1. The zero-order valence-electron chi connectivity index (χ0n) is 13.2. The predicted octanol–water partition coefficient (Wildman–Crippen LogP) is 4.27. The molecule has 24 heavy (non-hydrogen) atoms. The maximum absolute atomic E-state index is 5.83. The van der Waals surface area contributed by atoms with Gasteiger partial charge in [0.2, 0.25) is 0 Å². The molecule has 0 aliphatic rings. The van der Waals surface area contributed by atoms with Crippen LogP contribution in [0.3, 0.4) is 0 Å². The molecule has 0 aliphatic carbocycles. The summed E-state index contributed by atoms with van der Waals surface area (Å²) in [5.41, 5.74) is 2.88. The van der Waals surface area contributed by atoms with Crippen molar-refractivity contribution in [1.82, 2.24) is 19.7 Å². The van der Waals surface area contributed by atoms with Crippen LogP contribution in [-0.4, -0.2) is 19.7 Å². The lowest BCUT2D eigenvalue weighted by atomic mass is 10.1. The third-order valence-electron chi connectivity index (χ3n) is 3.69. The smallest absolute Gasteiger partial charge is 0.141 e. The third-order valence-corrected chi connectivity index (χ3v) is 3.69. The number of nitrogens with one attached hydrogen (secondary N) is 1. The molecule has 0 saturated carbocycles. The first kappa shape index (κ1) is 14.3. The van der Waals surface area contributed by atoms with Crippen LogP contribution in [0.1, 0.15) is 0 Å². The molecular weight excluding hydrogens is 300 g/mol. The molecule has 0 unspecified atom stereocenters. The van der Waals surface area contributed by atoms with E-state index in [9.17, 15) is 0 Å². The number of ether oxygens (including phenoxy) is 1. The third kappa shape index (κ3) is 2.79. The second-order valence-corrected chi connectivity index (χ2v) is 5.44. The van der Waals surface area contributed by atoms with Crippen LogP contribution in [-0.2, 0) is 7.05 Å². The van der Waals surface area contributed by atoms with Gasteiger partial charge in [-0.05, 0) is 36.4 Å². The van der Waals surface area contributed by atoms with Gasteiger partial charge in [0.1, 0.15) is 23.0 Å². The van der Waals surface area contributed by atoms with Crippen molar-refractivity contribution in [2.45, 2.75) is 0 Å². The maximum Gasteiger partial charge on any atom is 0.141 e. The highest BCUT2D eigenvalue weighted by Crippen LogP contribution is 2.30. The van der Waals surface area contributed by atoms with Crippen LogP contribution in [0.15, 0.2) is 73.2 Å². The summed E-state index contributed by atoms with van der Waals surface area (Å²) in [6.45, 7) is 0. The van der Waals surface area contributed by atoms with Gasteiger partial charge < -0.3 is 9.72 Å². The highest BCUT2D eigenvalue weighted by molar-refractivity contribution is 5.77. The van der Waals surface area contributed by atoms with Crippen molar-refractivity contribution in [2.75, 3.05) is 0 Å². The van der Waals surface area contributed by atoms with E-state index < -0.39 is 0 Å². The zero-order chi connectivity index (χ0) is 16.4. The van der Waals surface area contributed by atoms with Crippen molar-refractivity contribution in [3.05, 3.63) is 73.2 Å². The van der Waals surface area contributed by atoms with Gasteiger partial charge in [0.05, 0.1) is 5.56 Å². The van der Waals surface area contributed by atoms with E-state index >= 15 is 0 Å². The topological polar surface area (TPSA) is 55.7 Å². The Morgan fingerprint density at radius 2 is 1.71 bits per heavy atom. The molecule has 0 atom stereocenters. The largest absolute Gasteiger partial charge is 0.457 e. The number of hydrogen-bond donors (Lipinski definition) is 1. The van der Waals surface area contributed by atoms with Crippen LogP contribution in [0.25, 0.3) is 22.6 Å². The average Bonchev–Trinajstić information content (AvgIpc) is 3.26. The summed E-state index contributed by atoms with van der Waals surface area (Å²) in [4.78, 5) is 7.46. The van der Waals surface area contributed by atoms with Gasteiger partial charge in [-0.1, -0.05) is 18.2 Å². The van der Waals surface area contributed by atoms with Gasteiger partial charge in [0, 0.05) is 31.2 Å². The molecule has 0 radical (unpaired) electrons. The molecule has 5 nitrogen and oxygen atoms in total. The highest BCUT2D eigenvalue weighted by atomic mass is 16.5. The Morgan fingerprint density at radius 3 is 2.42 bits per heavy atom. The summed E-state index contributed by atoms with van der Waals surface area (Å²) in [5, 5.41) is 4.57. The number of aromatic amines is 1. The molecule has 2 heterocycles. The van der Waals surface area contributed by atoms with Crippen molar-refractivity contribution in [1.29, 1.82) is 0 Å². The van der Waals surface area contributed by atoms with Gasteiger partial charge in [-0.3, -0.25) is 4.68 Å². The fourth-order valence-electron chi connectivity index (χ4n) is 2.59. The predicted molar refractivity (Wildman–Crippen MR) is 92.7 cm³/mol. The van der Waals surface area contributed by atoms with Crippen LogP contribution in [0, 0.1) is 0 Å². The number of para-hydroxylation sites is 1. The molecule has 0 bridgehead atoms. The van der Waals surface area contributed by atoms with E-state index in [1.807, 2.05) is 74.0 Å². The van der Waals surface area contributed by atoms with Crippen molar-refractivity contribution in [3.63, 3.8) is 0 Å². The molecule has 0 spiro atoms. The highest BCUT2D eigenvalue weighted by Gasteiger charge is 2.14. The lowest BCUT2D eigenvalue weighted by Crippen LogP contribution is -1.88. The van der Waals surface area contributed by atoms with Gasteiger partial charge >= 0.3 is 0 Å². The molecule has 0 aliphatic heterocycles. The SMILES string of the molecule is Cn1cc(-c2ncc[nH]2)c(-c2ccc(Oc3ccccc3)cc2)n1. The van der Waals surface area contributed by atoms with Crippen LogP contribution in [0.4, 0.5) is 0 Å². The second kappa shape index (κ2) is 6.04. The fourth-order valence-corrected chi connectivity index (χ4v) is 2.59. The lowest BCUT2D eigenvalue weighted by Gasteiger charge is -2.06. The van der Waals surface area contributed by atoms with Crippen molar-refractivity contribution in [3.8, 4) is 34.1 Å². The Kier molecular flexibility index (Phi) is 3.59. The molecule has 0 amide bonds. The number of aryl methyl sites for hydroxylation is 1. The van der Waals surface area contributed by atoms with Crippen LogP contribution >= 0.6 is 0 Å². The quantitative estimate of drug-likeness (QED) is 0.612. The Morgan fingerprint density at radius 1 is 0.958 bits per heavy atom. The first-order valence-corrected chi connectivity index (χ1v) is 7.66. The summed E-state index contributed by atoms with van der Waals surface area (Å²) in [5.74, 6) is 2.42. The monoisotopic (exact) mass is 316 g/mol. The van der Waals surface area contributed by atoms with E-state index in [1.54, 1.807) is 10.9 Å². The van der Waals surface area contributed by atoms with Crippen LogP contribution < -0.4 is 4.74 Å². The summed E-state index contributed by atoms with van der Waals surface area (Å²) >= 11 is 0. The normalized spacial score (nSPS) is 10.7. The fraction of sp³-hybridized carbons (Fsp3) is 0.0526. The minimum Gasteiger partial charge on any atom is -0.457 e. The number of imidazole rings is 1. The zero-order valence-corrected chi connectivity index (χ0v) is 13.2. The van der Waals surface area contributed by atoms with E-state index in [0.717, 1.165) is 34.1 Å². The molecule has 118 valence electrons. The van der Waals surface area contributed by atoms with Crippen molar-refractivity contribution in [2.24, 2.45) is 7.05 Å². The van der Waals surface area contributed by atoms with E-state index in [0.29, 0.717) is 0 Å². The maximum atomic E-state index is 5.83. The molecule has 2 aromatic heterocycles. The van der Waals surface area contributed by atoms with Crippen molar-refractivity contribution >= 4 is 0 Å². The average molecular weight is 316 g/mol. The molecule has 0 fully saturated rings. The first-order chi connectivity index (χ1) is 11.8. The minimum atomic E-state index is 0.792. The lowest BCUT2D eigenvalue weighted by molar-refractivity contribution is 0.483. The number of benzene rings is 2. The molecule has 4 rings (SSSR count). The van der Waals surface area contributed by atoms with Gasteiger partial charge in [-0.15, -0.1) is 0 Å². The summed E-state index contributed by atoms with van der Waals surface area (Å²) < 4.78 is 7.63. The summed E-state index contributed by atoms with van der Waals surface area (Å²) in [7, 11) is 1.91. The van der Waals surface area contributed by atoms with Crippen LogP contribution in [0.2, 0.25) is 0 Å².